The summed E-state index contributed by atoms with van der Waals surface area (Å²) in [4.78, 5) is 5.20. The lowest BCUT2D eigenvalue weighted by atomic mass is 9.82. The second-order valence-electron chi connectivity index (χ2n) is 5.40. The molecule has 0 atom stereocenters. The zero-order valence-corrected chi connectivity index (χ0v) is 10.8. The van der Waals surface area contributed by atoms with Gasteiger partial charge in [0.1, 0.15) is 0 Å². The molecule has 0 bridgehead atoms. The first kappa shape index (κ1) is 16.7. The third kappa shape index (κ3) is 6.23. The molecule has 0 saturated carbocycles. The van der Waals surface area contributed by atoms with Crippen molar-refractivity contribution in [3.63, 3.8) is 0 Å². The lowest BCUT2D eigenvalue weighted by Crippen LogP contribution is -2.68. The van der Waals surface area contributed by atoms with E-state index in [0.29, 0.717) is 0 Å². The van der Waals surface area contributed by atoms with Gasteiger partial charge >= 0.3 is 7.25 Å². The van der Waals surface area contributed by atoms with E-state index in [1.165, 1.54) is 19.3 Å². The van der Waals surface area contributed by atoms with E-state index < -0.39 is 7.25 Å². The summed E-state index contributed by atoms with van der Waals surface area (Å²) in [5.41, 5.74) is 0.257. The smallest absolute Gasteiger partial charge is 0.418 e. The highest BCUT2D eigenvalue weighted by Gasteiger charge is 2.43. The van der Waals surface area contributed by atoms with Gasteiger partial charge in [0.25, 0.3) is 0 Å². The predicted octanol–water partition coefficient (Wildman–Crippen LogP) is 2.42. The Labute approximate surface area is 99.3 Å². The lowest BCUT2D eigenvalue weighted by molar-refractivity contribution is -0.768. The van der Waals surface area contributed by atoms with E-state index in [1.807, 2.05) is 5.06 Å². The van der Waals surface area contributed by atoms with Crippen LogP contribution in [-0.2, 0) is 4.94 Å². The zero-order valence-electron chi connectivity index (χ0n) is 10.8. The number of quaternary nitrogens is 1. The Morgan fingerprint density at radius 3 is 1.47 bits per heavy atom. The molecular formula is C9H21BF4N2O. The van der Waals surface area contributed by atoms with Gasteiger partial charge in [-0.25, -0.2) is 0 Å². The van der Waals surface area contributed by atoms with E-state index >= 15 is 0 Å². The van der Waals surface area contributed by atoms with Crippen LogP contribution in [0.5, 0.6) is 0 Å². The van der Waals surface area contributed by atoms with Gasteiger partial charge in [-0.15, -0.1) is 10.0 Å². The molecule has 104 valence electrons. The summed E-state index contributed by atoms with van der Waals surface area (Å²) in [6.45, 7) is 8.83. The molecule has 0 spiro atoms. The number of hydrogen-bond donors (Lipinski definition) is 1. The Morgan fingerprint density at radius 2 is 1.29 bits per heavy atom. The number of piperidine rings is 1. The van der Waals surface area contributed by atoms with Crippen LogP contribution in [0.25, 0.3) is 0 Å². The largest absolute Gasteiger partial charge is 0.673 e. The highest BCUT2D eigenvalue weighted by Crippen LogP contribution is 2.37. The molecule has 8 heteroatoms. The minimum Gasteiger partial charge on any atom is -0.418 e. The van der Waals surface area contributed by atoms with Crippen molar-refractivity contribution >= 4 is 7.25 Å². The van der Waals surface area contributed by atoms with Crippen molar-refractivity contribution in [2.24, 2.45) is 0 Å². The minimum absolute atomic E-state index is 0.128. The standard InChI is InChI=1S/C9H21N2O.BF4/c1-8(2)6-5-7-9(3,4)11(8)12-10;2-1(3,4)5/h5-7H2,1-4,10H3;/q+1;-1. The maximum Gasteiger partial charge on any atom is 0.673 e. The zero-order chi connectivity index (χ0) is 13.9. The normalized spacial score (nSPS) is 23.8. The van der Waals surface area contributed by atoms with E-state index in [1.54, 1.807) is 0 Å². The Hall–Kier alpha value is -0.335. The van der Waals surface area contributed by atoms with E-state index in [4.69, 9.17) is 4.94 Å². The topological polar surface area (TPSA) is 40.1 Å². The quantitative estimate of drug-likeness (QED) is 0.447. The Bertz CT molecular complexity index is 224. The van der Waals surface area contributed by atoms with Crippen LogP contribution in [-0.4, -0.2) is 23.4 Å². The fourth-order valence-electron chi connectivity index (χ4n) is 2.33. The van der Waals surface area contributed by atoms with Gasteiger partial charge < -0.3 is 17.3 Å². The first-order valence-electron chi connectivity index (χ1n) is 5.50. The van der Waals surface area contributed by atoms with E-state index in [0.717, 1.165) is 0 Å². The molecular weight excluding hydrogens is 239 g/mol. The van der Waals surface area contributed by atoms with E-state index in [2.05, 4.69) is 33.6 Å². The molecule has 1 aliphatic rings. The second kappa shape index (κ2) is 5.54. The molecule has 3 nitrogen and oxygen atoms in total. The maximum atomic E-state index is 9.75. The molecule has 3 N–H and O–H groups in total. The number of halogens is 4. The molecule has 1 rings (SSSR count). The number of hydroxylamine groups is 2. The van der Waals surface area contributed by atoms with Gasteiger partial charge in [-0.3, -0.25) is 0 Å². The van der Waals surface area contributed by atoms with Crippen molar-refractivity contribution in [3.8, 4) is 0 Å². The van der Waals surface area contributed by atoms with Crippen LogP contribution in [0.3, 0.4) is 0 Å². The van der Waals surface area contributed by atoms with Crippen LogP contribution in [0, 0.1) is 0 Å². The summed E-state index contributed by atoms with van der Waals surface area (Å²) < 4.78 is 39.0. The maximum absolute atomic E-state index is 9.75. The van der Waals surface area contributed by atoms with Gasteiger partial charge in [0, 0.05) is 11.1 Å². The molecule has 17 heavy (non-hydrogen) atoms. The van der Waals surface area contributed by atoms with Gasteiger partial charge in [-0.1, -0.05) is 0 Å². The average molecular weight is 260 g/mol. The van der Waals surface area contributed by atoms with Crippen molar-refractivity contribution < 1.29 is 28.1 Å². The SMILES string of the molecule is CC1(C)CCCC(C)(C)N1O[NH3+].F[B-](F)(F)F. The summed E-state index contributed by atoms with van der Waals surface area (Å²) in [6.07, 6.45) is 3.65. The third-order valence-corrected chi connectivity index (χ3v) is 2.81. The Balaban J connectivity index is 0.000000437. The Morgan fingerprint density at radius 1 is 1.00 bits per heavy atom. The molecule has 0 aliphatic carbocycles. The molecule has 0 aromatic rings. The minimum atomic E-state index is -6.00. The fraction of sp³-hybridized carbons (Fsp3) is 1.00. The highest BCUT2D eigenvalue weighted by molar-refractivity contribution is 6.50. The molecule has 1 heterocycles. The Kier molecular flexibility index (Phi) is 5.43. The summed E-state index contributed by atoms with van der Waals surface area (Å²) in [5, 5.41) is 2.03. The monoisotopic (exact) mass is 260 g/mol. The first-order chi connectivity index (χ1) is 7.40. The summed E-state index contributed by atoms with van der Waals surface area (Å²) in [5.74, 6) is 3.53. The van der Waals surface area contributed by atoms with Crippen LogP contribution in [0.4, 0.5) is 17.3 Å². The number of nitrogens with zero attached hydrogens (tertiary/aromatic N) is 1. The molecule has 1 aliphatic heterocycles. The summed E-state index contributed by atoms with van der Waals surface area (Å²) >= 11 is 0. The average Bonchev–Trinajstić information content (AvgIpc) is 1.97. The van der Waals surface area contributed by atoms with Crippen LogP contribution in [0.1, 0.15) is 47.0 Å². The molecule has 0 aromatic heterocycles. The molecule has 1 fully saturated rings. The van der Waals surface area contributed by atoms with Gasteiger partial charge in [-0.2, -0.15) is 5.90 Å². The van der Waals surface area contributed by atoms with Crippen LogP contribution < -0.4 is 5.90 Å². The molecule has 0 aromatic carbocycles. The van der Waals surface area contributed by atoms with Gasteiger partial charge in [0.15, 0.2) is 0 Å². The van der Waals surface area contributed by atoms with Crippen LogP contribution in [0.2, 0.25) is 0 Å². The fourth-order valence-corrected chi connectivity index (χ4v) is 2.33. The first-order valence-corrected chi connectivity index (χ1v) is 5.50. The number of rotatable bonds is 1. The van der Waals surface area contributed by atoms with Crippen molar-refractivity contribution in [2.45, 2.75) is 58.0 Å². The van der Waals surface area contributed by atoms with E-state index in [9.17, 15) is 17.3 Å². The van der Waals surface area contributed by atoms with Crippen molar-refractivity contribution in [2.75, 3.05) is 0 Å². The lowest BCUT2D eigenvalue weighted by Gasteiger charge is -2.48. The van der Waals surface area contributed by atoms with Gasteiger partial charge in [-0.05, 0) is 47.0 Å². The second-order valence-corrected chi connectivity index (χ2v) is 5.40. The highest BCUT2D eigenvalue weighted by atomic mass is 19.5. The number of hydrogen-bond acceptors (Lipinski definition) is 2. The van der Waals surface area contributed by atoms with Crippen molar-refractivity contribution in [1.82, 2.24) is 5.06 Å². The molecule has 1 saturated heterocycles. The molecule has 0 radical (unpaired) electrons. The summed E-state index contributed by atoms with van der Waals surface area (Å²) in [7, 11) is -6.00. The van der Waals surface area contributed by atoms with Gasteiger partial charge in [0.2, 0.25) is 0 Å². The summed E-state index contributed by atoms with van der Waals surface area (Å²) in [6, 6.07) is 0. The van der Waals surface area contributed by atoms with Crippen LogP contribution in [0.15, 0.2) is 0 Å². The molecule has 0 amide bonds. The van der Waals surface area contributed by atoms with Gasteiger partial charge in [0.05, 0.1) is 0 Å². The molecule has 0 unspecified atom stereocenters. The van der Waals surface area contributed by atoms with E-state index in [-0.39, 0.29) is 11.1 Å². The van der Waals surface area contributed by atoms with Crippen molar-refractivity contribution in [3.05, 3.63) is 0 Å². The van der Waals surface area contributed by atoms with Crippen molar-refractivity contribution in [1.29, 1.82) is 0 Å². The predicted molar refractivity (Wildman–Crippen MR) is 58.0 cm³/mol. The third-order valence-electron chi connectivity index (χ3n) is 2.81. The van der Waals surface area contributed by atoms with Crippen LogP contribution >= 0.6 is 0 Å².